The second-order valence-corrected chi connectivity index (χ2v) is 6.04. The maximum absolute atomic E-state index is 14.1. The molecule has 2 aromatic carbocycles. The van der Waals surface area contributed by atoms with Crippen LogP contribution in [0, 0.1) is 17.0 Å². The van der Waals surface area contributed by atoms with Crippen molar-refractivity contribution in [2.24, 2.45) is 5.73 Å². The third-order valence-electron chi connectivity index (χ3n) is 3.71. The number of nitrogen functional groups attached to an aromatic ring is 1. The molecule has 1 atom stereocenters. The lowest BCUT2D eigenvalue weighted by Crippen LogP contribution is -2.30. The van der Waals surface area contributed by atoms with Gasteiger partial charge in [0.15, 0.2) is 6.10 Å². The molecule has 2 aromatic rings. The molecule has 0 saturated heterocycles. The third kappa shape index (κ3) is 4.93. The molecule has 27 heavy (non-hydrogen) atoms. The SMILES string of the molecule is CCOC(C(=O)N(Cl)Cc1ccc(C(=N)N)cc1)c1c(F)cc(O)cc1F. The van der Waals surface area contributed by atoms with Crippen molar-refractivity contribution in [2.45, 2.75) is 19.6 Å². The van der Waals surface area contributed by atoms with Crippen molar-refractivity contribution in [2.75, 3.05) is 6.61 Å². The molecular formula is C18H18ClF2N3O3. The van der Waals surface area contributed by atoms with Crippen LogP contribution < -0.4 is 5.73 Å². The van der Waals surface area contributed by atoms with Crippen molar-refractivity contribution in [3.05, 3.63) is 64.7 Å². The number of aromatic hydroxyl groups is 1. The first-order valence-electron chi connectivity index (χ1n) is 7.94. The van der Waals surface area contributed by atoms with E-state index in [1.54, 1.807) is 31.2 Å². The molecule has 4 N–H and O–H groups in total. The standard InChI is InChI=1S/C18H18ClF2N3O3/c1-2-27-16(15-13(20)7-12(25)8-14(15)21)18(26)24(19)9-10-3-5-11(6-4-10)17(22)23/h3-8,16,25H,2,9H2,1H3,(H3,22,23). The lowest BCUT2D eigenvalue weighted by molar-refractivity contribution is -0.139. The highest BCUT2D eigenvalue weighted by Crippen LogP contribution is 2.30. The van der Waals surface area contributed by atoms with Crippen LogP contribution in [-0.4, -0.2) is 27.9 Å². The van der Waals surface area contributed by atoms with E-state index >= 15 is 0 Å². The summed E-state index contributed by atoms with van der Waals surface area (Å²) >= 11 is 6.03. The minimum absolute atomic E-state index is 0.00814. The normalized spacial score (nSPS) is 11.9. The van der Waals surface area contributed by atoms with Gasteiger partial charge in [-0.2, -0.15) is 0 Å². The van der Waals surface area contributed by atoms with Crippen LogP contribution in [0.5, 0.6) is 5.75 Å². The van der Waals surface area contributed by atoms with Crippen molar-refractivity contribution >= 4 is 23.5 Å². The second kappa shape index (κ2) is 8.79. The fourth-order valence-corrected chi connectivity index (χ4v) is 2.65. The predicted octanol–water partition coefficient (Wildman–Crippen LogP) is 3.21. The van der Waals surface area contributed by atoms with E-state index in [-0.39, 0.29) is 19.0 Å². The van der Waals surface area contributed by atoms with Crippen LogP contribution in [0.3, 0.4) is 0 Å². The quantitative estimate of drug-likeness (QED) is 0.379. The Bertz CT molecular complexity index is 823. The molecule has 0 saturated carbocycles. The Balaban J connectivity index is 2.24. The third-order valence-corrected chi connectivity index (χ3v) is 4.00. The van der Waals surface area contributed by atoms with E-state index in [9.17, 15) is 18.7 Å². The average molecular weight is 398 g/mol. The number of ether oxygens (including phenoxy) is 1. The topological polar surface area (TPSA) is 99.6 Å². The molecule has 2 rings (SSSR count). The van der Waals surface area contributed by atoms with Gasteiger partial charge in [-0.15, -0.1) is 0 Å². The number of nitrogens with zero attached hydrogens (tertiary/aromatic N) is 1. The van der Waals surface area contributed by atoms with E-state index in [4.69, 9.17) is 27.7 Å². The minimum Gasteiger partial charge on any atom is -0.508 e. The van der Waals surface area contributed by atoms with Gasteiger partial charge < -0.3 is 15.6 Å². The Morgan fingerprint density at radius 2 is 1.85 bits per heavy atom. The molecule has 144 valence electrons. The average Bonchev–Trinajstić information content (AvgIpc) is 2.60. The maximum Gasteiger partial charge on any atom is 0.271 e. The monoisotopic (exact) mass is 397 g/mol. The molecular weight excluding hydrogens is 380 g/mol. The highest BCUT2D eigenvalue weighted by molar-refractivity contribution is 6.21. The molecule has 1 amide bonds. The summed E-state index contributed by atoms with van der Waals surface area (Å²) in [7, 11) is 0. The second-order valence-electron chi connectivity index (χ2n) is 5.63. The molecule has 0 fully saturated rings. The van der Waals surface area contributed by atoms with E-state index in [0.29, 0.717) is 23.3 Å². The molecule has 0 bridgehead atoms. The summed E-state index contributed by atoms with van der Waals surface area (Å²) < 4.78 is 34.2. The number of phenols is 1. The number of carbonyl (C=O) groups excluding carboxylic acids is 1. The lowest BCUT2D eigenvalue weighted by Gasteiger charge is -2.22. The Labute approximate surface area is 159 Å². The number of nitrogens with one attached hydrogen (secondary N) is 1. The highest BCUT2D eigenvalue weighted by atomic mass is 35.5. The number of hydrogen-bond acceptors (Lipinski definition) is 4. The number of benzene rings is 2. The van der Waals surface area contributed by atoms with Gasteiger partial charge in [-0.1, -0.05) is 24.3 Å². The van der Waals surface area contributed by atoms with Crippen LogP contribution >= 0.6 is 11.8 Å². The van der Waals surface area contributed by atoms with Crippen molar-refractivity contribution in [3.8, 4) is 5.75 Å². The molecule has 0 aliphatic rings. The van der Waals surface area contributed by atoms with Crippen LogP contribution in [0.1, 0.15) is 29.7 Å². The van der Waals surface area contributed by atoms with E-state index in [1.165, 1.54) is 0 Å². The minimum atomic E-state index is -1.61. The van der Waals surface area contributed by atoms with Gasteiger partial charge >= 0.3 is 0 Å². The highest BCUT2D eigenvalue weighted by Gasteiger charge is 2.31. The van der Waals surface area contributed by atoms with Gasteiger partial charge in [0.2, 0.25) is 0 Å². The fourth-order valence-electron chi connectivity index (χ4n) is 2.42. The number of rotatable bonds is 7. The van der Waals surface area contributed by atoms with Crippen LogP contribution in [0.25, 0.3) is 0 Å². The molecule has 9 heteroatoms. The summed E-state index contributed by atoms with van der Waals surface area (Å²) in [6.07, 6.45) is -1.61. The molecule has 0 aromatic heterocycles. The van der Waals surface area contributed by atoms with Gasteiger partial charge in [0.1, 0.15) is 23.2 Å². The summed E-state index contributed by atoms with van der Waals surface area (Å²) in [6.45, 7) is 1.51. The number of halogens is 3. The first kappa shape index (κ1) is 20.6. The summed E-state index contributed by atoms with van der Waals surface area (Å²) in [6, 6.07) is 7.81. The Hall–Kier alpha value is -2.71. The number of phenolic OH excluding ortho intramolecular Hbond substituents is 1. The van der Waals surface area contributed by atoms with Crippen LogP contribution in [0.15, 0.2) is 36.4 Å². The molecule has 0 aliphatic heterocycles. The van der Waals surface area contributed by atoms with Gasteiger partial charge in [-0.05, 0) is 12.5 Å². The Morgan fingerprint density at radius 1 is 1.30 bits per heavy atom. The summed E-state index contributed by atoms with van der Waals surface area (Å²) in [5.41, 5.74) is 5.87. The number of carbonyl (C=O) groups is 1. The molecule has 1 unspecified atom stereocenters. The van der Waals surface area contributed by atoms with Crippen LogP contribution in [0.4, 0.5) is 8.78 Å². The zero-order chi connectivity index (χ0) is 20.1. The molecule has 0 heterocycles. The number of hydrogen-bond donors (Lipinski definition) is 3. The maximum atomic E-state index is 14.1. The van der Waals surface area contributed by atoms with Crippen molar-refractivity contribution in [1.29, 1.82) is 5.41 Å². The van der Waals surface area contributed by atoms with E-state index in [1.807, 2.05) is 0 Å². The number of nitrogens with two attached hydrogens (primary N) is 1. The van der Waals surface area contributed by atoms with Crippen molar-refractivity contribution < 1.29 is 23.4 Å². The molecule has 0 spiro atoms. The summed E-state index contributed by atoms with van der Waals surface area (Å²) in [5, 5.41) is 16.6. The summed E-state index contributed by atoms with van der Waals surface area (Å²) in [5.74, 6) is -3.80. The first-order valence-corrected chi connectivity index (χ1v) is 8.28. The Kier molecular flexibility index (Phi) is 6.70. The molecule has 6 nitrogen and oxygen atoms in total. The fraction of sp³-hybridized carbons (Fsp3) is 0.222. The smallest absolute Gasteiger partial charge is 0.271 e. The number of amides is 1. The lowest BCUT2D eigenvalue weighted by atomic mass is 10.1. The first-order chi connectivity index (χ1) is 12.7. The van der Waals surface area contributed by atoms with E-state index < -0.39 is 35.0 Å². The van der Waals surface area contributed by atoms with Crippen LogP contribution in [-0.2, 0) is 16.1 Å². The van der Waals surface area contributed by atoms with Crippen molar-refractivity contribution in [3.63, 3.8) is 0 Å². The van der Waals surface area contributed by atoms with Gasteiger partial charge in [0.05, 0.1) is 12.1 Å². The van der Waals surface area contributed by atoms with E-state index in [0.717, 1.165) is 4.42 Å². The molecule has 0 radical (unpaired) electrons. The predicted molar refractivity (Wildman–Crippen MR) is 96.3 cm³/mol. The summed E-state index contributed by atoms with van der Waals surface area (Å²) in [4.78, 5) is 12.6. The zero-order valence-electron chi connectivity index (χ0n) is 14.4. The van der Waals surface area contributed by atoms with E-state index in [2.05, 4.69) is 0 Å². The van der Waals surface area contributed by atoms with Gasteiger partial charge in [-0.25, -0.2) is 13.2 Å². The van der Waals surface area contributed by atoms with Gasteiger partial charge in [-0.3, -0.25) is 10.2 Å². The largest absolute Gasteiger partial charge is 0.508 e. The van der Waals surface area contributed by atoms with Gasteiger partial charge in [0, 0.05) is 36.1 Å². The van der Waals surface area contributed by atoms with Crippen LogP contribution in [0.2, 0.25) is 0 Å². The zero-order valence-corrected chi connectivity index (χ0v) is 15.1. The molecule has 0 aliphatic carbocycles. The van der Waals surface area contributed by atoms with Crippen molar-refractivity contribution in [1.82, 2.24) is 4.42 Å². The van der Waals surface area contributed by atoms with Gasteiger partial charge in [0.25, 0.3) is 5.91 Å². The Morgan fingerprint density at radius 3 is 2.33 bits per heavy atom. The number of amidine groups is 1.